The number of rotatable bonds is 4. The third-order valence-corrected chi connectivity index (χ3v) is 2.61. The lowest BCUT2D eigenvalue weighted by Crippen LogP contribution is -2.25. The van der Waals surface area contributed by atoms with Crippen LogP contribution < -0.4 is 5.73 Å². The molecule has 1 unspecified atom stereocenters. The van der Waals surface area contributed by atoms with Crippen molar-refractivity contribution in [2.24, 2.45) is 11.7 Å². The number of hydrogen-bond acceptors (Lipinski definition) is 4. The van der Waals surface area contributed by atoms with Crippen LogP contribution in [0.1, 0.15) is 13.8 Å². The van der Waals surface area contributed by atoms with Gasteiger partial charge in [-0.05, 0) is 6.26 Å². The Bertz CT molecular complexity index is 204. The van der Waals surface area contributed by atoms with Crippen LogP contribution in [0.4, 0.5) is 0 Å². The van der Waals surface area contributed by atoms with Gasteiger partial charge in [-0.2, -0.15) is 11.8 Å². The summed E-state index contributed by atoms with van der Waals surface area (Å²) in [6.45, 7) is 4.39. The molecule has 0 bridgehead atoms. The zero-order chi connectivity index (χ0) is 9.90. The minimum atomic E-state index is -0.513. The predicted octanol–water partition coefficient (Wildman–Crippen LogP) is 1.55. The molecule has 0 aromatic heterocycles. The van der Waals surface area contributed by atoms with E-state index in [1.807, 2.05) is 13.8 Å². The zero-order valence-electron chi connectivity index (χ0n) is 8.37. The van der Waals surface area contributed by atoms with Crippen molar-refractivity contribution in [3.63, 3.8) is 0 Å². The highest BCUT2D eigenvalue weighted by Gasteiger charge is 2.31. The largest absolute Gasteiger partial charge is 0.457 e. The summed E-state index contributed by atoms with van der Waals surface area (Å²) in [5.41, 5.74) is 5.64. The molecule has 3 nitrogen and oxygen atoms in total. The number of ether oxygens (including phenoxy) is 2. The van der Waals surface area contributed by atoms with Crippen molar-refractivity contribution >= 4 is 11.8 Å². The first-order valence-corrected chi connectivity index (χ1v) is 5.74. The molecule has 0 aromatic carbocycles. The molecule has 0 aromatic rings. The quantitative estimate of drug-likeness (QED) is 0.753. The Kier molecular flexibility index (Phi) is 3.50. The monoisotopic (exact) mass is 203 g/mol. The lowest BCUT2D eigenvalue weighted by atomic mass is 10.1. The van der Waals surface area contributed by atoms with Gasteiger partial charge >= 0.3 is 0 Å². The number of nitrogens with two attached hydrogens (primary N) is 1. The Morgan fingerprint density at radius 3 is 2.69 bits per heavy atom. The lowest BCUT2D eigenvalue weighted by Gasteiger charge is -2.21. The Labute approximate surface area is 83.7 Å². The second-order valence-corrected chi connectivity index (χ2v) is 4.44. The second-order valence-electron chi connectivity index (χ2n) is 3.53. The summed E-state index contributed by atoms with van der Waals surface area (Å²) in [5.74, 6) is 1.61. The molecule has 0 saturated carbocycles. The maximum absolute atomic E-state index is 5.64. The standard InChI is InChI=1S/C9H17NO2S/c1-9(2)11-5-8(12-9)7(4-10)6-13-3/h5,7H,4,6,10H2,1-3H3. The molecule has 1 atom stereocenters. The van der Waals surface area contributed by atoms with Crippen molar-refractivity contribution in [1.29, 1.82) is 0 Å². The Morgan fingerprint density at radius 2 is 2.31 bits per heavy atom. The van der Waals surface area contributed by atoms with Gasteiger partial charge in [-0.1, -0.05) is 0 Å². The molecule has 0 fully saturated rings. The minimum absolute atomic E-state index is 0.275. The zero-order valence-corrected chi connectivity index (χ0v) is 9.19. The molecule has 1 aliphatic heterocycles. The first kappa shape index (κ1) is 10.7. The highest BCUT2D eigenvalue weighted by molar-refractivity contribution is 7.98. The fraction of sp³-hybridized carbons (Fsp3) is 0.778. The van der Waals surface area contributed by atoms with Crippen molar-refractivity contribution in [3.05, 3.63) is 12.0 Å². The van der Waals surface area contributed by atoms with Crippen molar-refractivity contribution in [1.82, 2.24) is 0 Å². The second kappa shape index (κ2) is 4.24. The average molecular weight is 203 g/mol. The van der Waals surface area contributed by atoms with E-state index in [1.54, 1.807) is 18.0 Å². The average Bonchev–Trinajstić information content (AvgIpc) is 2.42. The van der Waals surface area contributed by atoms with E-state index in [1.165, 1.54) is 0 Å². The highest BCUT2D eigenvalue weighted by atomic mass is 32.2. The van der Waals surface area contributed by atoms with Gasteiger partial charge in [0.05, 0.1) is 0 Å². The van der Waals surface area contributed by atoms with Gasteiger partial charge in [-0.25, -0.2) is 0 Å². The number of hydrogen-bond donors (Lipinski definition) is 1. The van der Waals surface area contributed by atoms with E-state index in [9.17, 15) is 0 Å². The molecule has 13 heavy (non-hydrogen) atoms. The first-order valence-electron chi connectivity index (χ1n) is 4.35. The fourth-order valence-corrected chi connectivity index (χ4v) is 1.88. The molecule has 0 saturated heterocycles. The third kappa shape index (κ3) is 2.81. The van der Waals surface area contributed by atoms with E-state index in [-0.39, 0.29) is 5.92 Å². The van der Waals surface area contributed by atoms with E-state index in [4.69, 9.17) is 15.2 Å². The van der Waals surface area contributed by atoms with Crippen LogP contribution in [0.3, 0.4) is 0 Å². The highest BCUT2D eigenvalue weighted by Crippen LogP contribution is 2.29. The topological polar surface area (TPSA) is 44.5 Å². The maximum Gasteiger partial charge on any atom is 0.244 e. The molecule has 0 spiro atoms. The van der Waals surface area contributed by atoms with Gasteiger partial charge in [0, 0.05) is 32.1 Å². The first-order chi connectivity index (χ1) is 6.09. The normalized spacial score (nSPS) is 21.7. The Balaban J connectivity index is 2.52. The van der Waals surface area contributed by atoms with Crippen LogP contribution in [0.15, 0.2) is 12.0 Å². The summed E-state index contributed by atoms with van der Waals surface area (Å²) in [6, 6.07) is 0. The molecule has 76 valence electrons. The van der Waals surface area contributed by atoms with E-state index in [0.717, 1.165) is 11.5 Å². The van der Waals surface area contributed by atoms with Crippen LogP contribution in [0.25, 0.3) is 0 Å². The van der Waals surface area contributed by atoms with Crippen LogP contribution in [0, 0.1) is 5.92 Å². The van der Waals surface area contributed by atoms with Gasteiger partial charge in [-0.15, -0.1) is 0 Å². The summed E-state index contributed by atoms with van der Waals surface area (Å²) in [6.07, 6.45) is 3.75. The molecule has 1 aliphatic rings. The van der Waals surface area contributed by atoms with Crippen LogP contribution >= 0.6 is 11.8 Å². The Hall–Kier alpha value is -0.350. The van der Waals surface area contributed by atoms with Gasteiger partial charge in [0.1, 0.15) is 12.0 Å². The van der Waals surface area contributed by atoms with E-state index in [2.05, 4.69) is 6.26 Å². The summed E-state index contributed by atoms with van der Waals surface area (Å²) < 4.78 is 10.9. The minimum Gasteiger partial charge on any atom is -0.457 e. The number of thioether (sulfide) groups is 1. The SMILES string of the molecule is CSCC(CN)C1=COC(C)(C)O1. The van der Waals surface area contributed by atoms with Gasteiger partial charge in [0.25, 0.3) is 0 Å². The lowest BCUT2D eigenvalue weighted by molar-refractivity contribution is -0.120. The molecular weight excluding hydrogens is 186 g/mol. The van der Waals surface area contributed by atoms with Crippen LogP contribution in [0.2, 0.25) is 0 Å². The van der Waals surface area contributed by atoms with Crippen molar-refractivity contribution in [2.45, 2.75) is 19.6 Å². The van der Waals surface area contributed by atoms with Crippen molar-refractivity contribution in [3.8, 4) is 0 Å². The van der Waals surface area contributed by atoms with Crippen LogP contribution in [-0.4, -0.2) is 24.3 Å². The maximum atomic E-state index is 5.64. The van der Waals surface area contributed by atoms with Gasteiger partial charge in [0.15, 0.2) is 0 Å². The summed E-state index contributed by atoms with van der Waals surface area (Å²) in [5, 5.41) is 0. The van der Waals surface area contributed by atoms with Crippen molar-refractivity contribution in [2.75, 3.05) is 18.6 Å². The molecule has 0 radical (unpaired) electrons. The molecule has 0 amide bonds. The van der Waals surface area contributed by atoms with Crippen LogP contribution in [0.5, 0.6) is 0 Å². The van der Waals surface area contributed by atoms with E-state index in [0.29, 0.717) is 6.54 Å². The predicted molar refractivity (Wildman–Crippen MR) is 55.3 cm³/mol. The van der Waals surface area contributed by atoms with Crippen LogP contribution in [-0.2, 0) is 9.47 Å². The fourth-order valence-electron chi connectivity index (χ4n) is 1.18. The van der Waals surface area contributed by atoms with Gasteiger partial charge in [-0.3, -0.25) is 0 Å². The molecular formula is C9H17NO2S. The molecule has 1 rings (SSSR count). The van der Waals surface area contributed by atoms with E-state index >= 15 is 0 Å². The summed E-state index contributed by atoms with van der Waals surface area (Å²) in [7, 11) is 0. The Morgan fingerprint density at radius 1 is 1.62 bits per heavy atom. The van der Waals surface area contributed by atoms with E-state index < -0.39 is 5.79 Å². The van der Waals surface area contributed by atoms with Gasteiger partial charge in [0.2, 0.25) is 5.79 Å². The molecule has 2 N–H and O–H groups in total. The summed E-state index contributed by atoms with van der Waals surface area (Å²) >= 11 is 1.76. The third-order valence-electron chi connectivity index (χ3n) is 1.88. The summed E-state index contributed by atoms with van der Waals surface area (Å²) in [4.78, 5) is 0. The van der Waals surface area contributed by atoms with Gasteiger partial charge < -0.3 is 15.2 Å². The smallest absolute Gasteiger partial charge is 0.244 e. The van der Waals surface area contributed by atoms with Crippen molar-refractivity contribution < 1.29 is 9.47 Å². The molecule has 0 aliphatic carbocycles. The molecule has 4 heteroatoms. The molecule has 1 heterocycles.